The third kappa shape index (κ3) is 3.49. The number of hydrogen-bond donors (Lipinski definition) is 1. The number of unbranched alkanes of at least 4 members (excludes halogenated alkanes) is 1. The van der Waals surface area contributed by atoms with Gasteiger partial charge in [-0.05, 0) is 38.3 Å². The molecule has 1 amide bonds. The lowest BCUT2D eigenvalue weighted by Crippen LogP contribution is -2.39. The summed E-state index contributed by atoms with van der Waals surface area (Å²) in [4.78, 5) is 17.5. The molecule has 1 aromatic heterocycles. The molecule has 4 heteroatoms. The Morgan fingerprint density at radius 2 is 2.05 bits per heavy atom. The molecule has 0 bridgehead atoms. The van der Waals surface area contributed by atoms with Crippen LogP contribution in [0.2, 0.25) is 0 Å². The molecular formula is C17H28N2OS. The first-order valence-electron chi connectivity index (χ1n) is 8.10. The number of hydrogen-bond acceptors (Lipinski definition) is 3. The molecule has 118 valence electrons. The molecule has 2 rings (SSSR count). The predicted octanol–water partition coefficient (Wildman–Crippen LogP) is 4.09. The van der Waals surface area contributed by atoms with Gasteiger partial charge in [-0.1, -0.05) is 33.6 Å². The van der Waals surface area contributed by atoms with Crippen molar-refractivity contribution in [3.8, 4) is 0 Å². The normalized spacial score (nSPS) is 24.1. The summed E-state index contributed by atoms with van der Waals surface area (Å²) >= 11 is 1.79. The van der Waals surface area contributed by atoms with E-state index in [1.807, 2.05) is 0 Å². The lowest BCUT2D eigenvalue weighted by atomic mass is 10.0. The number of rotatable bonds is 6. The van der Waals surface area contributed by atoms with Crippen LogP contribution in [0.4, 0.5) is 0 Å². The van der Waals surface area contributed by atoms with Crippen LogP contribution in [0.25, 0.3) is 0 Å². The minimum atomic E-state index is -0.0542. The van der Waals surface area contributed by atoms with E-state index in [2.05, 4.69) is 57.0 Å². The molecule has 1 aromatic rings. The SMILES string of the molecule is CCCCC(C)N1C(=O)C(C(C)C)NC1c1ccc(C)s1. The van der Waals surface area contributed by atoms with E-state index < -0.39 is 0 Å². The number of carbonyl (C=O) groups is 1. The first kappa shape index (κ1) is 16.5. The molecule has 3 unspecified atom stereocenters. The van der Waals surface area contributed by atoms with Gasteiger partial charge in [0.05, 0.1) is 6.04 Å². The van der Waals surface area contributed by atoms with E-state index in [0.717, 1.165) is 6.42 Å². The van der Waals surface area contributed by atoms with Crippen molar-refractivity contribution in [3.05, 3.63) is 21.9 Å². The number of aryl methyl sites for hydroxylation is 1. The second-order valence-corrected chi connectivity index (χ2v) is 7.80. The van der Waals surface area contributed by atoms with Gasteiger partial charge < -0.3 is 4.90 Å². The van der Waals surface area contributed by atoms with Crippen LogP contribution in [0.15, 0.2) is 12.1 Å². The first-order valence-corrected chi connectivity index (χ1v) is 8.91. The van der Waals surface area contributed by atoms with E-state index in [9.17, 15) is 4.79 Å². The van der Waals surface area contributed by atoms with Crippen molar-refractivity contribution in [1.82, 2.24) is 10.2 Å². The highest BCUT2D eigenvalue weighted by Gasteiger charge is 2.43. The maximum Gasteiger partial charge on any atom is 0.241 e. The number of carbonyl (C=O) groups excluding carboxylic acids is 1. The summed E-state index contributed by atoms with van der Waals surface area (Å²) in [5.41, 5.74) is 0. The van der Waals surface area contributed by atoms with Gasteiger partial charge in [-0.15, -0.1) is 11.3 Å². The van der Waals surface area contributed by atoms with Crippen LogP contribution in [0.1, 0.15) is 62.9 Å². The van der Waals surface area contributed by atoms with Gasteiger partial charge in [0.2, 0.25) is 5.91 Å². The van der Waals surface area contributed by atoms with Crippen LogP contribution in [0.3, 0.4) is 0 Å². The van der Waals surface area contributed by atoms with Gasteiger partial charge in [-0.2, -0.15) is 0 Å². The van der Waals surface area contributed by atoms with Crippen molar-refractivity contribution >= 4 is 17.2 Å². The summed E-state index contributed by atoms with van der Waals surface area (Å²) in [6.45, 7) is 10.7. The zero-order valence-corrected chi connectivity index (χ0v) is 14.7. The van der Waals surface area contributed by atoms with Crippen molar-refractivity contribution < 1.29 is 4.79 Å². The van der Waals surface area contributed by atoms with Crippen LogP contribution in [-0.2, 0) is 4.79 Å². The van der Waals surface area contributed by atoms with Crippen LogP contribution in [-0.4, -0.2) is 22.9 Å². The standard InChI is InChI=1S/C17H28N2OS/c1-6-7-8-12(4)19-16(14-10-9-13(5)21-14)18-15(11(2)3)17(19)20/h9-12,15-16,18H,6-8H2,1-5H3. The quantitative estimate of drug-likeness (QED) is 0.858. The van der Waals surface area contributed by atoms with Crippen LogP contribution in [0, 0.1) is 12.8 Å². The Morgan fingerprint density at radius 1 is 1.33 bits per heavy atom. The number of amides is 1. The van der Waals surface area contributed by atoms with Crippen molar-refractivity contribution in [2.75, 3.05) is 0 Å². The van der Waals surface area contributed by atoms with Crippen molar-refractivity contribution in [2.45, 2.75) is 72.1 Å². The van der Waals surface area contributed by atoms with Gasteiger partial charge >= 0.3 is 0 Å². The van der Waals surface area contributed by atoms with E-state index in [1.165, 1.54) is 22.6 Å². The van der Waals surface area contributed by atoms with Crippen LogP contribution in [0.5, 0.6) is 0 Å². The van der Waals surface area contributed by atoms with E-state index in [0.29, 0.717) is 12.0 Å². The van der Waals surface area contributed by atoms with Crippen molar-refractivity contribution in [1.29, 1.82) is 0 Å². The molecular weight excluding hydrogens is 280 g/mol. The van der Waals surface area contributed by atoms with E-state index in [1.54, 1.807) is 11.3 Å². The zero-order chi connectivity index (χ0) is 15.6. The highest BCUT2D eigenvalue weighted by molar-refractivity contribution is 7.12. The van der Waals surface area contributed by atoms with E-state index >= 15 is 0 Å². The summed E-state index contributed by atoms with van der Waals surface area (Å²) in [5, 5.41) is 3.56. The Morgan fingerprint density at radius 3 is 2.57 bits per heavy atom. The largest absolute Gasteiger partial charge is 0.318 e. The summed E-state index contributed by atoms with van der Waals surface area (Å²) in [6, 6.07) is 4.54. The highest BCUT2D eigenvalue weighted by Crippen LogP contribution is 2.34. The monoisotopic (exact) mass is 308 g/mol. The Kier molecular flexibility index (Phi) is 5.44. The number of thiophene rings is 1. The van der Waals surface area contributed by atoms with Crippen LogP contribution >= 0.6 is 11.3 Å². The third-order valence-corrected chi connectivity index (χ3v) is 5.34. The Balaban J connectivity index is 2.24. The molecule has 0 saturated carbocycles. The fraction of sp³-hybridized carbons (Fsp3) is 0.706. The van der Waals surface area contributed by atoms with Gasteiger partial charge in [0.15, 0.2) is 0 Å². The number of nitrogens with one attached hydrogen (secondary N) is 1. The summed E-state index contributed by atoms with van der Waals surface area (Å²) < 4.78 is 0. The molecule has 1 saturated heterocycles. The molecule has 0 spiro atoms. The predicted molar refractivity (Wildman–Crippen MR) is 89.4 cm³/mol. The molecule has 21 heavy (non-hydrogen) atoms. The topological polar surface area (TPSA) is 32.3 Å². The number of nitrogens with zero attached hydrogens (tertiary/aromatic N) is 1. The van der Waals surface area contributed by atoms with Gasteiger partial charge in [-0.25, -0.2) is 0 Å². The molecule has 0 aromatic carbocycles. The molecule has 3 atom stereocenters. The first-order chi connectivity index (χ1) is 9.95. The fourth-order valence-corrected chi connectivity index (χ4v) is 3.95. The second kappa shape index (κ2) is 6.93. The van der Waals surface area contributed by atoms with Gasteiger partial charge in [-0.3, -0.25) is 10.1 Å². The average molecular weight is 308 g/mol. The Bertz CT molecular complexity index is 483. The molecule has 0 radical (unpaired) electrons. The molecule has 1 aliphatic rings. The van der Waals surface area contributed by atoms with E-state index in [4.69, 9.17) is 0 Å². The average Bonchev–Trinajstić information content (AvgIpc) is 2.99. The van der Waals surface area contributed by atoms with Gasteiger partial charge in [0.25, 0.3) is 0 Å². The lowest BCUT2D eigenvalue weighted by Gasteiger charge is -2.30. The Labute approximate surface area is 132 Å². The van der Waals surface area contributed by atoms with Crippen molar-refractivity contribution in [2.24, 2.45) is 5.92 Å². The molecule has 3 nitrogen and oxygen atoms in total. The minimum absolute atomic E-state index is 0.0513. The van der Waals surface area contributed by atoms with Crippen molar-refractivity contribution in [3.63, 3.8) is 0 Å². The smallest absolute Gasteiger partial charge is 0.241 e. The van der Waals surface area contributed by atoms with Crippen LogP contribution < -0.4 is 5.32 Å². The lowest BCUT2D eigenvalue weighted by molar-refractivity contribution is -0.132. The fourth-order valence-electron chi connectivity index (χ4n) is 3.02. The molecule has 2 heterocycles. The molecule has 1 fully saturated rings. The van der Waals surface area contributed by atoms with Gasteiger partial charge in [0.1, 0.15) is 6.17 Å². The Hall–Kier alpha value is -0.870. The minimum Gasteiger partial charge on any atom is -0.318 e. The summed E-state index contributed by atoms with van der Waals surface area (Å²) in [5.74, 6) is 0.592. The maximum absolute atomic E-state index is 12.8. The highest BCUT2D eigenvalue weighted by atomic mass is 32.1. The molecule has 1 aliphatic heterocycles. The summed E-state index contributed by atoms with van der Waals surface area (Å²) in [6.07, 6.45) is 3.48. The van der Waals surface area contributed by atoms with Gasteiger partial charge in [0, 0.05) is 15.8 Å². The maximum atomic E-state index is 12.8. The second-order valence-electron chi connectivity index (χ2n) is 6.48. The zero-order valence-electron chi connectivity index (χ0n) is 13.8. The molecule has 0 aliphatic carbocycles. The molecule has 1 N–H and O–H groups in total. The van der Waals surface area contributed by atoms with E-state index in [-0.39, 0.29) is 18.1 Å². The summed E-state index contributed by atoms with van der Waals surface area (Å²) in [7, 11) is 0. The third-order valence-electron chi connectivity index (χ3n) is 4.28.